The molecule has 0 atom stereocenters. The summed E-state index contributed by atoms with van der Waals surface area (Å²) in [6.45, 7) is 13.9. The highest BCUT2D eigenvalue weighted by molar-refractivity contribution is 6.16. The number of hydrogen-bond acceptors (Lipinski definition) is 2. The maximum Gasteiger partial charge on any atom is 0.136 e. The fraction of sp³-hybridized carbons (Fsp3) is 0.121. The van der Waals surface area contributed by atoms with Gasteiger partial charge in [-0.2, -0.15) is 0 Å². The van der Waals surface area contributed by atoms with Gasteiger partial charge in [0.25, 0.3) is 0 Å². The molecule has 0 saturated heterocycles. The summed E-state index contributed by atoms with van der Waals surface area (Å²) in [5, 5.41) is 7.09. The first-order valence-corrected chi connectivity index (χ1v) is 24.2. The molecule has 0 aliphatic heterocycles. The molecule has 0 unspecified atom stereocenters. The average Bonchev–Trinajstić information content (AvgIpc) is 3.93. The van der Waals surface area contributed by atoms with E-state index in [-0.39, 0.29) is 10.8 Å². The molecular weight excluding hydrogens is 837 g/mol. The van der Waals surface area contributed by atoms with Crippen LogP contribution in [0.1, 0.15) is 52.7 Å². The van der Waals surface area contributed by atoms with Crippen molar-refractivity contribution in [1.82, 2.24) is 4.57 Å². The number of para-hydroxylation sites is 5. The molecule has 0 amide bonds. The van der Waals surface area contributed by atoms with Crippen LogP contribution < -0.4 is 4.90 Å². The molecule has 3 heteroatoms. The van der Waals surface area contributed by atoms with E-state index in [1.807, 2.05) is 6.07 Å². The van der Waals surface area contributed by atoms with Crippen molar-refractivity contribution >= 4 is 71.6 Å². The van der Waals surface area contributed by atoms with Crippen LogP contribution in [0.5, 0.6) is 0 Å². The second-order valence-electron chi connectivity index (χ2n) is 20.5. The van der Waals surface area contributed by atoms with Gasteiger partial charge in [0.15, 0.2) is 0 Å². The molecule has 0 aliphatic rings. The first kappa shape index (κ1) is 42.2. The van der Waals surface area contributed by atoms with Crippen molar-refractivity contribution in [2.45, 2.75) is 52.4 Å². The molecule has 3 nitrogen and oxygen atoms in total. The minimum atomic E-state index is -0.0233. The van der Waals surface area contributed by atoms with Crippen LogP contribution in [-0.2, 0) is 10.8 Å². The number of anilines is 3. The quantitative estimate of drug-likeness (QED) is 0.159. The Labute approximate surface area is 404 Å². The van der Waals surface area contributed by atoms with E-state index in [4.69, 9.17) is 4.42 Å². The average molecular weight is 891 g/mol. The molecule has 12 rings (SSSR count). The molecule has 0 bridgehead atoms. The van der Waals surface area contributed by atoms with Gasteiger partial charge in [-0.3, -0.25) is 0 Å². The highest BCUT2D eigenvalue weighted by atomic mass is 16.3. The minimum absolute atomic E-state index is 0.0233. The highest BCUT2D eigenvalue weighted by Gasteiger charge is 2.26. The van der Waals surface area contributed by atoms with Crippen molar-refractivity contribution in [3.8, 4) is 39.1 Å². The monoisotopic (exact) mass is 890 g/mol. The van der Waals surface area contributed by atoms with Crippen molar-refractivity contribution in [1.29, 1.82) is 0 Å². The van der Waals surface area contributed by atoms with E-state index in [1.165, 1.54) is 49.4 Å². The van der Waals surface area contributed by atoms with Gasteiger partial charge in [0.05, 0.1) is 22.4 Å². The number of hydrogen-bond donors (Lipinski definition) is 0. The summed E-state index contributed by atoms with van der Waals surface area (Å²) in [6.07, 6.45) is 0. The summed E-state index contributed by atoms with van der Waals surface area (Å²) in [7, 11) is 0. The molecular formula is C66H54N2O. The molecule has 10 aromatic carbocycles. The van der Waals surface area contributed by atoms with Gasteiger partial charge in [-0.25, -0.2) is 0 Å². The number of aromatic nitrogens is 1. The number of benzene rings is 10. The van der Waals surface area contributed by atoms with Gasteiger partial charge in [-0.1, -0.05) is 205 Å². The fourth-order valence-electron chi connectivity index (χ4n) is 10.6. The molecule has 12 aromatic rings. The number of nitrogens with zero attached hydrogens (tertiary/aromatic N) is 2. The van der Waals surface area contributed by atoms with Crippen LogP contribution >= 0.6 is 0 Å². The van der Waals surface area contributed by atoms with E-state index >= 15 is 0 Å². The Morgan fingerprint density at radius 1 is 0.391 bits per heavy atom. The summed E-state index contributed by atoms with van der Waals surface area (Å²) in [6, 6.07) is 80.2. The van der Waals surface area contributed by atoms with Gasteiger partial charge in [0.2, 0.25) is 0 Å². The van der Waals surface area contributed by atoms with Crippen LogP contribution in [-0.4, -0.2) is 4.57 Å². The van der Waals surface area contributed by atoms with Gasteiger partial charge in [0.1, 0.15) is 11.2 Å². The van der Waals surface area contributed by atoms with E-state index in [1.54, 1.807) is 0 Å². The second kappa shape index (κ2) is 16.3. The zero-order valence-corrected chi connectivity index (χ0v) is 40.1. The summed E-state index contributed by atoms with van der Waals surface area (Å²) in [5.74, 6) is 0. The van der Waals surface area contributed by atoms with Gasteiger partial charge in [-0.05, 0) is 115 Å². The van der Waals surface area contributed by atoms with Crippen LogP contribution in [0.25, 0.3) is 93.6 Å². The molecule has 69 heavy (non-hydrogen) atoms. The van der Waals surface area contributed by atoms with Gasteiger partial charge < -0.3 is 13.9 Å². The lowest BCUT2D eigenvalue weighted by molar-refractivity contribution is 0.569. The van der Waals surface area contributed by atoms with Gasteiger partial charge >= 0.3 is 0 Å². The maximum absolute atomic E-state index is 6.44. The summed E-state index contributed by atoms with van der Waals surface area (Å²) in [5.41, 5.74) is 18.1. The SMILES string of the molecule is CC(C)(C)c1cc(-c2cccc3cccc(-c4ccccc4N(c4cccc(-c5cccc6oc7ccccc7c56)c4)c4cccc5c6ccccc6n(-c6ccccc6)c45)c23)cc(C(C)(C)C)c1. The lowest BCUT2D eigenvalue weighted by Gasteiger charge is -2.30. The summed E-state index contributed by atoms with van der Waals surface area (Å²) in [4.78, 5) is 2.51. The Balaban J connectivity index is 1.16. The number of furan rings is 1. The number of rotatable bonds is 7. The van der Waals surface area contributed by atoms with Crippen molar-refractivity contribution in [3.63, 3.8) is 0 Å². The molecule has 2 heterocycles. The van der Waals surface area contributed by atoms with Crippen molar-refractivity contribution in [2.75, 3.05) is 4.90 Å². The lowest BCUT2D eigenvalue weighted by atomic mass is 9.78. The Morgan fingerprint density at radius 2 is 0.957 bits per heavy atom. The Bertz CT molecular complexity index is 3890. The first-order chi connectivity index (χ1) is 33.5. The molecule has 0 aliphatic carbocycles. The Hall–Kier alpha value is -8.14. The zero-order valence-electron chi connectivity index (χ0n) is 40.1. The lowest BCUT2D eigenvalue weighted by Crippen LogP contribution is -2.16. The van der Waals surface area contributed by atoms with Crippen LogP contribution in [0.4, 0.5) is 17.1 Å². The van der Waals surface area contributed by atoms with E-state index in [2.05, 4.69) is 263 Å². The van der Waals surface area contributed by atoms with E-state index in [9.17, 15) is 0 Å². The predicted molar refractivity (Wildman–Crippen MR) is 294 cm³/mol. The van der Waals surface area contributed by atoms with E-state index < -0.39 is 0 Å². The molecule has 2 aromatic heterocycles. The molecule has 0 fully saturated rings. The Morgan fingerprint density at radius 3 is 1.72 bits per heavy atom. The molecule has 0 N–H and O–H groups in total. The van der Waals surface area contributed by atoms with Crippen molar-refractivity contribution in [2.24, 2.45) is 0 Å². The number of fused-ring (bicyclic) bond motifs is 7. The van der Waals surface area contributed by atoms with Crippen LogP contribution in [0.2, 0.25) is 0 Å². The third-order valence-corrected chi connectivity index (χ3v) is 14.1. The first-order valence-electron chi connectivity index (χ1n) is 24.2. The molecule has 0 saturated carbocycles. The third kappa shape index (κ3) is 7.20. The summed E-state index contributed by atoms with van der Waals surface area (Å²) >= 11 is 0. The van der Waals surface area contributed by atoms with E-state index in [0.717, 1.165) is 72.4 Å². The Kier molecular flexibility index (Phi) is 9.97. The normalized spacial score (nSPS) is 12.2. The highest BCUT2D eigenvalue weighted by Crippen LogP contribution is 2.49. The fourth-order valence-corrected chi connectivity index (χ4v) is 10.6. The van der Waals surface area contributed by atoms with Crippen LogP contribution in [0, 0.1) is 0 Å². The molecule has 0 spiro atoms. The largest absolute Gasteiger partial charge is 0.456 e. The van der Waals surface area contributed by atoms with Crippen LogP contribution in [0.3, 0.4) is 0 Å². The van der Waals surface area contributed by atoms with E-state index in [0.29, 0.717) is 0 Å². The van der Waals surface area contributed by atoms with Gasteiger partial charge in [-0.15, -0.1) is 0 Å². The third-order valence-electron chi connectivity index (χ3n) is 14.1. The smallest absolute Gasteiger partial charge is 0.136 e. The van der Waals surface area contributed by atoms with Crippen molar-refractivity contribution < 1.29 is 4.42 Å². The zero-order chi connectivity index (χ0) is 47.0. The molecule has 0 radical (unpaired) electrons. The minimum Gasteiger partial charge on any atom is -0.456 e. The predicted octanol–water partition coefficient (Wildman–Crippen LogP) is 18.9. The standard InChI is InChI=1S/C66H54N2O/c1-65(2,3)46-39-45(40-47(42-46)66(4,5)6)51-30-17-21-43-22-18-32-54(62(43)51)52-27-10-13-34-57(52)67(49-26-16-23-44(41-49)50-31-20-38-61-63(50)56-29-12-15-37-60(56)69-61)59-36-19-33-55-53-28-11-14-35-58(53)68(64(55)59)48-24-8-7-9-25-48/h7-42H,1-6H3. The van der Waals surface area contributed by atoms with Crippen molar-refractivity contribution in [3.05, 3.63) is 230 Å². The topological polar surface area (TPSA) is 21.3 Å². The van der Waals surface area contributed by atoms with Gasteiger partial charge in [0, 0.05) is 38.5 Å². The maximum atomic E-state index is 6.44. The van der Waals surface area contributed by atoms with Crippen LogP contribution in [0.15, 0.2) is 223 Å². The second-order valence-corrected chi connectivity index (χ2v) is 20.5. The summed E-state index contributed by atoms with van der Waals surface area (Å²) < 4.78 is 8.88. The molecule has 334 valence electrons.